The Morgan fingerprint density at radius 2 is 2.35 bits per heavy atom. The number of nitrogens with zero attached hydrogens (tertiary/aromatic N) is 2. The van der Waals surface area contributed by atoms with E-state index in [1.54, 1.807) is 11.8 Å². The van der Waals surface area contributed by atoms with Crippen molar-refractivity contribution in [1.29, 1.82) is 0 Å². The van der Waals surface area contributed by atoms with E-state index >= 15 is 0 Å². The maximum Gasteiger partial charge on any atom is 0.255 e. The van der Waals surface area contributed by atoms with Crippen LogP contribution in [0.4, 0.5) is 5.13 Å². The zero-order valence-corrected chi connectivity index (χ0v) is 12.2. The van der Waals surface area contributed by atoms with Crippen LogP contribution in [0.15, 0.2) is 0 Å². The number of nitrogens with one attached hydrogen (secondary N) is 1. The van der Waals surface area contributed by atoms with Gasteiger partial charge in [-0.3, -0.25) is 14.9 Å². The molecular weight excluding hydrogens is 278 g/mol. The van der Waals surface area contributed by atoms with Crippen LogP contribution < -0.4 is 5.32 Å². The molecule has 1 aromatic rings. The summed E-state index contributed by atoms with van der Waals surface area (Å²) in [4.78, 5) is 30.7. The lowest BCUT2D eigenvalue weighted by atomic mass is 10.2. The number of hydrogen-bond acceptors (Lipinski definition) is 5. The molecule has 3 rings (SSSR count). The number of ether oxygens (including phenoxy) is 1. The number of aromatic nitrogens is 1. The Morgan fingerprint density at radius 3 is 3.05 bits per heavy atom. The van der Waals surface area contributed by atoms with E-state index in [9.17, 15) is 9.59 Å². The van der Waals surface area contributed by atoms with Crippen molar-refractivity contribution in [3.8, 4) is 0 Å². The Morgan fingerprint density at radius 1 is 1.50 bits per heavy atom. The zero-order valence-electron chi connectivity index (χ0n) is 11.3. The molecule has 2 aliphatic rings. The largest absolute Gasteiger partial charge is 0.368 e. The molecule has 0 spiro atoms. The molecule has 0 radical (unpaired) electrons. The summed E-state index contributed by atoms with van der Waals surface area (Å²) in [5, 5.41) is 3.44. The Bertz CT molecular complexity index is 537. The summed E-state index contributed by atoms with van der Waals surface area (Å²) in [6.45, 7) is 3.52. The molecule has 1 atom stereocenters. The second-order valence-corrected chi connectivity index (χ2v) is 6.15. The lowest BCUT2D eigenvalue weighted by Crippen LogP contribution is -2.33. The molecule has 0 aromatic carbocycles. The second-order valence-electron chi connectivity index (χ2n) is 5.07. The number of carbonyl (C=O) groups excluding carboxylic acids is 2. The molecule has 0 bridgehead atoms. The Kier molecular flexibility index (Phi) is 3.71. The molecule has 1 aromatic heterocycles. The lowest BCUT2D eigenvalue weighted by molar-refractivity contribution is -0.129. The van der Waals surface area contributed by atoms with E-state index in [2.05, 4.69) is 10.3 Å². The van der Waals surface area contributed by atoms with Crippen molar-refractivity contribution in [3.05, 3.63) is 10.6 Å². The number of thiazole rings is 1. The highest BCUT2D eigenvalue weighted by Gasteiger charge is 2.26. The van der Waals surface area contributed by atoms with E-state index in [-0.39, 0.29) is 17.9 Å². The number of hydrogen-bond donors (Lipinski definition) is 1. The number of carbonyl (C=O) groups is 2. The first kappa shape index (κ1) is 13.5. The van der Waals surface area contributed by atoms with Crippen molar-refractivity contribution in [2.24, 2.45) is 0 Å². The molecule has 1 N–H and O–H groups in total. The van der Waals surface area contributed by atoms with E-state index in [1.165, 1.54) is 11.3 Å². The fourth-order valence-corrected chi connectivity index (χ4v) is 3.51. The fourth-order valence-electron chi connectivity index (χ4n) is 2.49. The molecule has 2 aliphatic heterocycles. The van der Waals surface area contributed by atoms with Gasteiger partial charge in [-0.15, -0.1) is 0 Å². The molecule has 1 saturated heterocycles. The highest BCUT2D eigenvalue weighted by Crippen LogP contribution is 2.28. The molecule has 6 nitrogen and oxygen atoms in total. The standard InChI is InChI=1S/C13H17N3O3S/c1-8(17)16-5-4-9-11(7-16)20-13(14-9)15-12(18)10-3-2-6-19-10/h10H,2-7H2,1H3,(H,14,15,18). The van der Waals surface area contributed by atoms with Crippen molar-refractivity contribution in [3.63, 3.8) is 0 Å². The van der Waals surface area contributed by atoms with Crippen molar-refractivity contribution in [2.75, 3.05) is 18.5 Å². The quantitative estimate of drug-likeness (QED) is 0.889. The second kappa shape index (κ2) is 5.49. The average Bonchev–Trinajstić information content (AvgIpc) is 3.06. The minimum Gasteiger partial charge on any atom is -0.368 e. The summed E-state index contributed by atoms with van der Waals surface area (Å²) in [5.41, 5.74) is 0.996. The van der Waals surface area contributed by atoms with Crippen LogP contribution in [0.5, 0.6) is 0 Å². The highest BCUT2D eigenvalue weighted by atomic mass is 32.1. The van der Waals surface area contributed by atoms with Gasteiger partial charge in [0.2, 0.25) is 5.91 Å². The van der Waals surface area contributed by atoms with Crippen LogP contribution >= 0.6 is 11.3 Å². The topological polar surface area (TPSA) is 71.5 Å². The summed E-state index contributed by atoms with van der Waals surface area (Å²) in [6, 6.07) is 0. The summed E-state index contributed by atoms with van der Waals surface area (Å²) in [7, 11) is 0. The van der Waals surface area contributed by atoms with Crippen LogP contribution in [0.25, 0.3) is 0 Å². The predicted molar refractivity (Wildman–Crippen MR) is 74.5 cm³/mol. The first-order valence-electron chi connectivity index (χ1n) is 6.80. The van der Waals surface area contributed by atoms with Crippen molar-refractivity contribution in [2.45, 2.75) is 38.8 Å². The third-order valence-electron chi connectivity index (χ3n) is 3.63. The van der Waals surface area contributed by atoms with Gasteiger partial charge in [0.1, 0.15) is 6.10 Å². The normalized spacial score (nSPS) is 21.6. The van der Waals surface area contributed by atoms with Gasteiger partial charge >= 0.3 is 0 Å². The van der Waals surface area contributed by atoms with Crippen LogP contribution in [-0.2, 0) is 27.3 Å². The minimum atomic E-state index is -0.343. The molecule has 0 saturated carbocycles. The maximum atomic E-state index is 12.0. The van der Waals surface area contributed by atoms with Gasteiger partial charge in [-0.1, -0.05) is 11.3 Å². The van der Waals surface area contributed by atoms with Gasteiger partial charge in [0.25, 0.3) is 5.91 Å². The van der Waals surface area contributed by atoms with Gasteiger partial charge in [-0.2, -0.15) is 0 Å². The third-order valence-corrected chi connectivity index (χ3v) is 4.63. The molecule has 1 unspecified atom stereocenters. The monoisotopic (exact) mass is 295 g/mol. The number of amides is 2. The molecule has 7 heteroatoms. The molecule has 0 aliphatic carbocycles. The van der Waals surface area contributed by atoms with Gasteiger partial charge in [-0.05, 0) is 12.8 Å². The van der Waals surface area contributed by atoms with Crippen molar-refractivity contribution < 1.29 is 14.3 Å². The first-order valence-corrected chi connectivity index (χ1v) is 7.61. The van der Waals surface area contributed by atoms with E-state index < -0.39 is 0 Å². The Hall–Kier alpha value is -1.47. The third kappa shape index (κ3) is 2.69. The highest BCUT2D eigenvalue weighted by molar-refractivity contribution is 7.15. The number of anilines is 1. The van der Waals surface area contributed by atoms with Crippen LogP contribution in [-0.4, -0.2) is 41.0 Å². The average molecular weight is 295 g/mol. The van der Waals surface area contributed by atoms with Crippen molar-refractivity contribution in [1.82, 2.24) is 9.88 Å². The number of fused-ring (bicyclic) bond motifs is 1. The maximum absolute atomic E-state index is 12.0. The SMILES string of the molecule is CC(=O)N1CCc2nc(NC(=O)C3CCCO3)sc2C1. The van der Waals surface area contributed by atoms with E-state index in [4.69, 9.17) is 4.74 Å². The van der Waals surface area contributed by atoms with E-state index in [0.29, 0.717) is 24.8 Å². The molecule has 20 heavy (non-hydrogen) atoms. The van der Waals surface area contributed by atoms with Crippen LogP contribution in [0.1, 0.15) is 30.3 Å². The summed E-state index contributed by atoms with van der Waals surface area (Å²) >= 11 is 1.45. The van der Waals surface area contributed by atoms with Crippen LogP contribution in [0.2, 0.25) is 0 Å². The molecular formula is C13H17N3O3S. The summed E-state index contributed by atoms with van der Waals surface area (Å²) in [6.07, 6.45) is 2.11. The van der Waals surface area contributed by atoms with Gasteiger partial charge in [0.15, 0.2) is 5.13 Å². The Balaban J connectivity index is 1.67. The van der Waals surface area contributed by atoms with Gasteiger partial charge < -0.3 is 9.64 Å². The van der Waals surface area contributed by atoms with Gasteiger partial charge in [-0.25, -0.2) is 4.98 Å². The lowest BCUT2D eigenvalue weighted by Gasteiger charge is -2.24. The van der Waals surface area contributed by atoms with Gasteiger partial charge in [0, 0.05) is 31.4 Å². The zero-order chi connectivity index (χ0) is 14.1. The number of rotatable bonds is 2. The minimum absolute atomic E-state index is 0.0778. The van der Waals surface area contributed by atoms with Crippen LogP contribution in [0.3, 0.4) is 0 Å². The smallest absolute Gasteiger partial charge is 0.255 e. The first-order chi connectivity index (χ1) is 9.63. The molecule has 108 valence electrons. The van der Waals surface area contributed by atoms with Crippen LogP contribution in [0, 0.1) is 0 Å². The molecule has 3 heterocycles. The predicted octanol–water partition coefficient (Wildman–Crippen LogP) is 1.17. The molecule has 1 fully saturated rings. The fraction of sp³-hybridized carbons (Fsp3) is 0.615. The molecule has 2 amide bonds. The Labute approximate surface area is 121 Å². The van der Waals surface area contributed by atoms with Crippen molar-refractivity contribution >= 4 is 28.3 Å². The summed E-state index contributed by atoms with van der Waals surface area (Å²) < 4.78 is 5.35. The van der Waals surface area contributed by atoms with Gasteiger partial charge in [0.05, 0.1) is 12.2 Å². The van der Waals surface area contributed by atoms with E-state index in [0.717, 1.165) is 29.8 Å². The summed E-state index contributed by atoms with van der Waals surface area (Å²) in [5.74, 6) is -0.0361. The van der Waals surface area contributed by atoms with E-state index in [1.807, 2.05) is 0 Å².